The Morgan fingerprint density at radius 1 is 1.35 bits per heavy atom. The van der Waals surface area contributed by atoms with E-state index in [9.17, 15) is 13.2 Å². The molecule has 0 radical (unpaired) electrons. The van der Waals surface area contributed by atoms with E-state index in [0.29, 0.717) is 10.9 Å². The standard InChI is InChI=1S/C12H13F3N4S/c1-19-7-17-18-11(19)20-6-10(16)8-4-2-3-5-9(8)12(13,14)15/h2-5,7,10H,6,16H2,1H3. The highest BCUT2D eigenvalue weighted by atomic mass is 32.2. The summed E-state index contributed by atoms with van der Waals surface area (Å²) in [6.45, 7) is 0. The van der Waals surface area contributed by atoms with Crippen molar-refractivity contribution in [1.82, 2.24) is 14.8 Å². The molecule has 1 aromatic carbocycles. The van der Waals surface area contributed by atoms with E-state index < -0.39 is 17.8 Å². The van der Waals surface area contributed by atoms with Crippen molar-refractivity contribution in [3.63, 3.8) is 0 Å². The molecule has 4 nitrogen and oxygen atoms in total. The van der Waals surface area contributed by atoms with Crippen molar-refractivity contribution in [2.45, 2.75) is 17.4 Å². The van der Waals surface area contributed by atoms with Crippen molar-refractivity contribution in [2.75, 3.05) is 5.75 Å². The Bertz CT molecular complexity index is 582. The Balaban J connectivity index is 2.14. The average Bonchev–Trinajstić information content (AvgIpc) is 2.80. The fourth-order valence-corrected chi connectivity index (χ4v) is 2.60. The minimum absolute atomic E-state index is 0.0923. The molecule has 0 spiro atoms. The molecular formula is C12H13F3N4S. The van der Waals surface area contributed by atoms with Crippen molar-refractivity contribution in [2.24, 2.45) is 12.8 Å². The van der Waals surface area contributed by atoms with E-state index in [4.69, 9.17) is 5.73 Å². The Kier molecular flexibility index (Phi) is 4.34. The molecule has 0 aliphatic rings. The smallest absolute Gasteiger partial charge is 0.323 e. The van der Waals surface area contributed by atoms with Crippen LogP contribution in [0.4, 0.5) is 13.2 Å². The monoisotopic (exact) mass is 302 g/mol. The predicted molar refractivity (Wildman–Crippen MR) is 70.1 cm³/mol. The summed E-state index contributed by atoms with van der Waals surface area (Å²) in [6, 6.07) is 4.63. The van der Waals surface area contributed by atoms with E-state index in [1.165, 1.54) is 30.2 Å². The van der Waals surface area contributed by atoms with Crippen LogP contribution in [0.5, 0.6) is 0 Å². The summed E-state index contributed by atoms with van der Waals surface area (Å²) < 4.78 is 40.4. The lowest BCUT2D eigenvalue weighted by Crippen LogP contribution is -2.19. The normalized spacial score (nSPS) is 13.4. The molecule has 0 amide bonds. The molecule has 0 aliphatic heterocycles. The van der Waals surface area contributed by atoms with Crippen molar-refractivity contribution >= 4 is 11.8 Å². The molecule has 0 aliphatic carbocycles. The van der Waals surface area contributed by atoms with Gasteiger partial charge in [0.25, 0.3) is 0 Å². The van der Waals surface area contributed by atoms with E-state index in [2.05, 4.69) is 10.2 Å². The summed E-state index contributed by atoms with van der Waals surface area (Å²) in [7, 11) is 1.76. The highest BCUT2D eigenvalue weighted by Gasteiger charge is 2.34. The van der Waals surface area contributed by atoms with Gasteiger partial charge in [0.2, 0.25) is 0 Å². The van der Waals surface area contributed by atoms with Gasteiger partial charge in [0.05, 0.1) is 5.56 Å². The van der Waals surface area contributed by atoms with Gasteiger partial charge in [-0.3, -0.25) is 0 Å². The van der Waals surface area contributed by atoms with Gasteiger partial charge in [-0.2, -0.15) is 13.2 Å². The maximum atomic E-state index is 12.9. The van der Waals surface area contributed by atoms with Gasteiger partial charge >= 0.3 is 6.18 Å². The lowest BCUT2D eigenvalue weighted by Gasteiger charge is -2.17. The number of halogens is 3. The average molecular weight is 302 g/mol. The highest BCUT2D eigenvalue weighted by Crippen LogP contribution is 2.35. The zero-order valence-electron chi connectivity index (χ0n) is 10.6. The molecule has 20 heavy (non-hydrogen) atoms. The van der Waals surface area contributed by atoms with Crippen LogP contribution in [0.15, 0.2) is 35.7 Å². The first kappa shape index (κ1) is 14.9. The molecule has 2 aromatic rings. The van der Waals surface area contributed by atoms with Crippen molar-refractivity contribution in [3.05, 3.63) is 41.7 Å². The van der Waals surface area contributed by atoms with E-state index in [1.54, 1.807) is 17.7 Å². The second-order valence-electron chi connectivity index (χ2n) is 4.23. The number of aromatic nitrogens is 3. The third kappa shape index (κ3) is 3.31. The maximum Gasteiger partial charge on any atom is 0.416 e. The number of aryl methyl sites for hydroxylation is 1. The molecule has 0 saturated heterocycles. The molecule has 1 aromatic heterocycles. The van der Waals surface area contributed by atoms with Crippen molar-refractivity contribution in [1.29, 1.82) is 0 Å². The molecule has 0 fully saturated rings. The molecule has 1 heterocycles. The first-order chi connectivity index (χ1) is 9.39. The Labute approximate surface area is 118 Å². The number of alkyl halides is 3. The summed E-state index contributed by atoms with van der Waals surface area (Å²) in [5.41, 5.74) is 5.28. The first-order valence-electron chi connectivity index (χ1n) is 5.78. The van der Waals surface area contributed by atoms with Gasteiger partial charge in [-0.05, 0) is 11.6 Å². The zero-order valence-corrected chi connectivity index (χ0v) is 11.4. The van der Waals surface area contributed by atoms with Crippen LogP contribution >= 0.6 is 11.8 Å². The number of hydrogen-bond donors (Lipinski definition) is 1. The Morgan fingerprint density at radius 3 is 2.65 bits per heavy atom. The van der Waals surface area contributed by atoms with Gasteiger partial charge in [0, 0.05) is 18.8 Å². The first-order valence-corrected chi connectivity index (χ1v) is 6.76. The number of hydrogen-bond acceptors (Lipinski definition) is 4. The fourth-order valence-electron chi connectivity index (χ4n) is 1.74. The van der Waals surface area contributed by atoms with Crippen LogP contribution < -0.4 is 5.73 Å². The minimum Gasteiger partial charge on any atom is -0.323 e. The van der Waals surface area contributed by atoms with Gasteiger partial charge in [0.15, 0.2) is 5.16 Å². The SMILES string of the molecule is Cn1cnnc1SCC(N)c1ccccc1C(F)(F)F. The molecule has 0 bridgehead atoms. The number of nitrogens with zero attached hydrogens (tertiary/aromatic N) is 3. The van der Waals surface area contributed by atoms with E-state index in [-0.39, 0.29) is 5.56 Å². The van der Waals surface area contributed by atoms with Crippen LogP contribution in [0.2, 0.25) is 0 Å². The highest BCUT2D eigenvalue weighted by molar-refractivity contribution is 7.99. The topological polar surface area (TPSA) is 56.7 Å². The summed E-state index contributed by atoms with van der Waals surface area (Å²) in [5, 5.41) is 8.17. The van der Waals surface area contributed by atoms with Crippen molar-refractivity contribution in [3.8, 4) is 0 Å². The molecule has 1 atom stereocenters. The molecule has 1 unspecified atom stereocenters. The number of rotatable bonds is 4. The van der Waals surface area contributed by atoms with Gasteiger partial charge in [-0.25, -0.2) is 0 Å². The predicted octanol–water partition coefficient (Wildman–Crippen LogP) is 2.63. The van der Waals surface area contributed by atoms with Gasteiger partial charge < -0.3 is 10.3 Å². The van der Waals surface area contributed by atoms with Crippen LogP contribution in [-0.4, -0.2) is 20.5 Å². The van der Waals surface area contributed by atoms with Crippen LogP contribution in [-0.2, 0) is 13.2 Å². The Hall–Kier alpha value is -1.54. The van der Waals surface area contributed by atoms with Gasteiger partial charge in [0.1, 0.15) is 6.33 Å². The number of benzene rings is 1. The third-order valence-corrected chi connectivity index (χ3v) is 3.88. The summed E-state index contributed by atoms with van der Waals surface area (Å²) >= 11 is 1.27. The molecular weight excluding hydrogens is 289 g/mol. The quantitative estimate of drug-likeness (QED) is 0.882. The van der Waals surface area contributed by atoms with Crippen molar-refractivity contribution < 1.29 is 13.2 Å². The molecule has 8 heteroatoms. The summed E-state index contributed by atoms with van der Waals surface area (Å²) in [6.07, 6.45) is -2.87. The summed E-state index contributed by atoms with van der Waals surface area (Å²) in [5.74, 6) is 0.291. The van der Waals surface area contributed by atoms with Crippen LogP contribution in [0.1, 0.15) is 17.2 Å². The zero-order chi connectivity index (χ0) is 14.8. The van der Waals surface area contributed by atoms with Gasteiger partial charge in [-0.15, -0.1) is 10.2 Å². The molecule has 2 N–H and O–H groups in total. The van der Waals surface area contributed by atoms with Crippen LogP contribution in [0, 0.1) is 0 Å². The fraction of sp³-hybridized carbons (Fsp3) is 0.333. The molecule has 0 saturated carbocycles. The minimum atomic E-state index is -4.40. The number of nitrogens with two attached hydrogens (primary N) is 1. The van der Waals surface area contributed by atoms with E-state index in [0.717, 1.165) is 6.07 Å². The summed E-state index contributed by atoms with van der Waals surface area (Å²) in [4.78, 5) is 0. The van der Waals surface area contributed by atoms with Gasteiger partial charge in [-0.1, -0.05) is 30.0 Å². The van der Waals surface area contributed by atoms with E-state index in [1.807, 2.05) is 0 Å². The second-order valence-corrected chi connectivity index (χ2v) is 5.21. The largest absolute Gasteiger partial charge is 0.416 e. The maximum absolute atomic E-state index is 12.9. The molecule has 108 valence electrons. The molecule has 2 rings (SSSR count). The lowest BCUT2D eigenvalue weighted by atomic mass is 10.0. The lowest BCUT2D eigenvalue weighted by molar-refractivity contribution is -0.138. The van der Waals surface area contributed by atoms with E-state index >= 15 is 0 Å². The Morgan fingerprint density at radius 2 is 2.05 bits per heavy atom. The third-order valence-electron chi connectivity index (χ3n) is 2.73. The van der Waals surface area contributed by atoms with Crippen LogP contribution in [0.25, 0.3) is 0 Å². The number of thioether (sulfide) groups is 1. The van der Waals surface area contributed by atoms with Crippen LogP contribution in [0.3, 0.4) is 0 Å². The second kappa shape index (κ2) is 5.84.